The Labute approximate surface area is 105 Å². The molecule has 0 bridgehead atoms. The number of hydrogen-bond acceptors (Lipinski definition) is 3. The average molecular weight is 249 g/mol. The van der Waals surface area contributed by atoms with Crippen LogP contribution >= 0.6 is 0 Å². The number of rotatable bonds is 4. The largest absolute Gasteiger partial charge is 0.497 e. The summed E-state index contributed by atoms with van der Waals surface area (Å²) in [6.07, 6.45) is 1.92. The lowest BCUT2D eigenvalue weighted by Gasteiger charge is -2.08. The summed E-state index contributed by atoms with van der Waals surface area (Å²) in [6, 6.07) is 4.62. The predicted octanol–water partition coefficient (Wildman–Crippen LogP) is 2.49. The second kappa shape index (κ2) is 5.08. The summed E-state index contributed by atoms with van der Waals surface area (Å²) in [5.41, 5.74) is 2.41. The minimum Gasteiger partial charge on any atom is -0.497 e. The van der Waals surface area contributed by atoms with Crippen LogP contribution in [0.15, 0.2) is 24.4 Å². The highest BCUT2D eigenvalue weighted by Crippen LogP contribution is 2.21. The van der Waals surface area contributed by atoms with E-state index in [1.807, 2.05) is 20.2 Å². The molecule has 0 aliphatic heterocycles. The summed E-state index contributed by atoms with van der Waals surface area (Å²) < 4.78 is 20.4. The quantitative estimate of drug-likeness (QED) is 0.904. The van der Waals surface area contributed by atoms with Gasteiger partial charge in [0.05, 0.1) is 18.5 Å². The first-order valence-electron chi connectivity index (χ1n) is 5.66. The van der Waals surface area contributed by atoms with Crippen molar-refractivity contribution >= 4 is 5.69 Å². The molecular weight excluding hydrogens is 233 g/mol. The number of hydrogen-bond donors (Lipinski definition) is 1. The molecule has 0 saturated heterocycles. The zero-order valence-electron chi connectivity index (χ0n) is 10.7. The van der Waals surface area contributed by atoms with Crippen molar-refractivity contribution in [3.8, 4) is 5.75 Å². The maximum atomic E-state index is 13.6. The molecule has 1 aromatic carbocycles. The van der Waals surface area contributed by atoms with Crippen molar-refractivity contribution in [3.63, 3.8) is 0 Å². The fourth-order valence-electron chi connectivity index (χ4n) is 1.78. The molecule has 1 aromatic heterocycles. The Bertz CT molecular complexity index is 551. The lowest BCUT2D eigenvalue weighted by molar-refractivity contribution is 0.414. The van der Waals surface area contributed by atoms with E-state index in [-0.39, 0.29) is 5.82 Å². The second-order valence-corrected chi connectivity index (χ2v) is 4.11. The highest BCUT2D eigenvalue weighted by molar-refractivity contribution is 5.50. The van der Waals surface area contributed by atoms with E-state index in [2.05, 4.69) is 10.4 Å². The Balaban J connectivity index is 2.12. The van der Waals surface area contributed by atoms with Gasteiger partial charge in [0.2, 0.25) is 0 Å². The van der Waals surface area contributed by atoms with E-state index >= 15 is 0 Å². The van der Waals surface area contributed by atoms with Gasteiger partial charge in [0.1, 0.15) is 11.6 Å². The summed E-state index contributed by atoms with van der Waals surface area (Å²) in [7, 11) is 3.42. The van der Waals surface area contributed by atoms with Gasteiger partial charge in [-0.3, -0.25) is 4.68 Å². The monoisotopic (exact) mass is 249 g/mol. The molecule has 96 valence electrons. The van der Waals surface area contributed by atoms with Gasteiger partial charge in [-0.05, 0) is 19.1 Å². The summed E-state index contributed by atoms with van der Waals surface area (Å²) >= 11 is 0. The van der Waals surface area contributed by atoms with Gasteiger partial charge in [-0.1, -0.05) is 0 Å². The van der Waals surface area contributed by atoms with E-state index in [4.69, 9.17) is 4.74 Å². The van der Waals surface area contributed by atoms with Crippen LogP contribution in [-0.4, -0.2) is 16.9 Å². The standard InChI is InChI=1S/C13H16FN3O/c1-9-10(8-17(2)16-9)7-15-13-6-11(18-3)4-5-12(13)14/h4-6,8,15H,7H2,1-3H3. The Hall–Kier alpha value is -2.04. The number of halogens is 1. The van der Waals surface area contributed by atoms with Crippen LogP contribution in [-0.2, 0) is 13.6 Å². The molecule has 5 heteroatoms. The Kier molecular flexibility index (Phi) is 3.50. The number of methoxy groups -OCH3 is 1. The Morgan fingerprint density at radius 2 is 2.22 bits per heavy atom. The van der Waals surface area contributed by atoms with E-state index in [1.54, 1.807) is 23.9 Å². The molecule has 18 heavy (non-hydrogen) atoms. The van der Waals surface area contributed by atoms with Crippen LogP contribution in [0.2, 0.25) is 0 Å². The summed E-state index contributed by atoms with van der Waals surface area (Å²) in [4.78, 5) is 0. The van der Waals surface area contributed by atoms with Gasteiger partial charge in [-0.2, -0.15) is 5.10 Å². The third-order valence-electron chi connectivity index (χ3n) is 2.76. The number of ether oxygens (including phenoxy) is 1. The second-order valence-electron chi connectivity index (χ2n) is 4.11. The molecule has 1 N–H and O–H groups in total. The molecular formula is C13H16FN3O. The van der Waals surface area contributed by atoms with E-state index in [0.717, 1.165) is 11.3 Å². The van der Waals surface area contributed by atoms with Crippen molar-refractivity contribution in [1.82, 2.24) is 9.78 Å². The normalized spacial score (nSPS) is 10.4. The number of anilines is 1. The topological polar surface area (TPSA) is 39.1 Å². The van der Waals surface area contributed by atoms with Gasteiger partial charge in [-0.25, -0.2) is 4.39 Å². The molecule has 2 rings (SSSR count). The average Bonchev–Trinajstić information content (AvgIpc) is 2.67. The summed E-state index contributed by atoms with van der Waals surface area (Å²) in [6.45, 7) is 2.46. The SMILES string of the molecule is COc1ccc(F)c(NCc2cn(C)nc2C)c1. The number of nitrogens with one attached hydrogen (secondary N) is 1. The fourth-order valence-corrected chi connectivity index (χ4v) is 1.78. The molecule has 0 amide bonds. The van der Waals surface area contributed by atoms with Crippen LogP contribution in [0.5, 0.6) is 5.75 Å². The van der Waals surface area contributed by atoms with Crippen molar-refractivity contribution < 1.29 is 9.13 Å². The van der Waals surface area contributed by atoms with Crippen molar-refractivity contribution in [2.45, 2.75) is 13.5 Å². The third-order valence-corrected chi connectivity index (χ3v) is 2.76. The molecule has 0 aliphatic rings. The van der Waals surface area contributed by atoms with Gasteiger partial charge in [0, 0.05) is 31.4 Å². The van der Waals surface area contributed by atoms with Crippen molar-refractivity contribution in [3.05, 3.63) is 41.5 Å². The zero-order chi connectivity index (χ0) is 13.1. The van der Waals surface area contributed by atoms with Crippen LogP contribution in [0.3, 0.4) is 0 Å². The van der Waals surface area contributed by atoms with Crippen molar-refractivity contribution in [1.29, 1.82) is 0 Å². The Morgan fingerprint density at radius 3 is 2.83 bits per heavy atom. The first-order valence-corrected chi connectivity index (χ1v) is 5.66. The number of aryl methyl sites for hydroxylation is 2. The molecule has 1 heterocycles. The molecule has 0 saturated carbocycles. The van der Waals surface area contributed by atoms with Gasteiger partial charge >= 0.3 is 0 Å². The van der Waals surface area contributed by atoms with Crippen LogP contribution in [0.1, 0.15) is 11.3 Å². The maximum absolute atomic E-state index is 13.6. The molecule has 0 fully saturated rings. The molecule has 2 aromatic rings. The van der Waals surface area contributed by atoms with Crippen molar-refractivity contribution in [2.24, 2.45) is 7.05 Å². The van der Waals surface area contributed by atoms with Crippen LogP contribution in [0, 0.1) is 12.7 Å². The van der Waals surface area contributed by atoms with E-state index < -0.39 is 0 Å². The van der Waals surface area contributed by atoms with E-state index in [9.17, 15) is 4.39 Å². The fraction of sp³-hybridized carbons (Fsp3) is 0.308. The summed E-state index contributed by atoms with van der Waals surface area (Å²) in [5.74, 6) is 0.333. The zero-order valence-corrected chi connectivity index (χ0v) is 10.7. The van der Waals surface area contributed by atoms with Crippen molar-refractivity contribution in [2.75, 3.05) is 12.4 Å². The highest BCUT2D eigenvalue weighted by Gasteiger charge is 2.06. The smallest absolute Gasteiger partial charge is 0.146 e. The highest BCUT2D eigenvalue weighted by atomic mass is 19.1. The molecule has 0 unspecified atom stereocenters. The lowest BCUT2D eigenvalue weighted by atomic mass is 10.2. The molecule has 0 aliphatic carbocycles. The third kappa shape index (κ3) is 2.61. The minimum absolute atomic E-state index is 0.294. The van der Waals surface area contributed by atoms with E-state index in [1.165, 1.54) is 6.07 Å². The lowest BCUT2D eigenvalue weighted by Crippen LogP contribution is -2.02. The van der Waals surface area contributed by atoms with Crippen LogP contribution < -0.4 is 10.1 Å². The first kappa shape index (κ1) is 12.4. The van der Waals surface area contributed by atoms with Crippen LogP contribution in [0.25, 0.3) is 0 Å². The van der Waals surface area contributed by atoms with Gasteiger partial charge in [-0.15, -0.1) is 0 Å². The molecule has 0 atom stereocenters. The molecule has 0 spiro atoms. The molecule has 0 radical (unpaired) electrons. The number of benzene rings is 1. The first-order chi connectivity index (χ1) is 8.60. The van der Waals surface area contributed by atoms with Gasteiger partial charge in [0.15, 0.2) is 0 Å². The van der Waals surface area contributed by atoms with Crippen LogP contribution in [0.4, 0.5) is 10.1 Å². The Morgan fingerprint density at radius 1 is 1.44 bits per heavy atom. The molecule has 4 nitrogen and oxygen atoms in total. The maximum Gasteiger partial charge on any atom is 0.146 e. The number of nitrogens with zero attached hydrogens (tertiary/aromatic N) is 2. The predicted molar refractivity (Wildman–Crippen MR) is 68.2 cm³/mol. The minimum atomic E-state index is -0.294. The van der Waals surface area contributed by atoms with E-state index in [0.29, 0.717) is 18.0 Å². The van der Waals surface area contributed by atoms with Gasteiger partial charge < -0.3 is 10.1 Å². The number of aromatic nitrogens is 2. The van der Waals surface area contributed by atoms with Gasteiger partial charge in [0.25, 0.3) is 0 Å². The summed E-state index contributed by atoms with van der Waals surface area (Å²) in [5, 5.41) is 7.29.